The number of carbonyl (C=O) groups excluding carboxylic acids is 2. The zero-order valence-electron chi connectivity index (χ0n) is 14.2. The van der Waals surface area contributed by atoms with Gasteiger partial charge in [0.05, 0.1) is 11.5 Å². The van der Waals surface area contributed by atoms with E-state index in [1.807, 2.05) is 31.2 Å². The Balaban J connectivity index is 1.52. The number of benzene rings is 1. The van der Waals surface area contributed by atoms with Gasteiger partial charge in [-0.3, -0.25) is 9.59 Å². The second kappa shape index (κ2) is 10.2. The average Bonchev–Trinajstić information content (AvgIpc) is 3.04. The minimum Gasteiger partial charge on any atom is -0.494 e. The van der Waals surface area contributed by atoms with E-state index in [9.17, 15) is 9.59 Å². The Bertz CT molecular complexity index is 697. The number of carbonyl (C=O) groups is 2. The van der Waals surface area contributed by atoms with E-state index in [0.29, 0.717) is 18.2 Å². The zero-order chi connectivity index (χ0) is 18.1. The first-order chi connectivity index (χ1) is 12.0. The lowest BCUT2D eigenvalue weighted by molar-refractivity contribution is -0.121. The van der Waals surface area contributed by atoms with Gasteiger partial charge in [0.25, 0.3) is 0 Å². The van der Waals surface area contributed by atoms with Gasteiger partial charge in [0.15, 0.2) is 5.78 Å². The average molecular weight is 380 g/mol. The fraction of sp³-hybridized carbons (Fsp3) is 0.368. The van der Waals surface area contributed by atoms with Crippen LogP contribution >= 0.6 is 22.9 Å². The molecule has 0 saturated carbocycles. The second-order valence-corrected chi connectivity index (χ2v) is 7.42. The molecule has 1 aromatic carbocycles. The van der Waals surface area contributed by atoms with Crippen LogP contribution in [0.25, 0.3) is 0 Å². The smallest absolute Gasteiger partial charge is 0.220 e. The fourth-order valence-corrected chi connectivity index (χ4v) is 3.16. The molecule has 0 saturated heterocycles. The van der Waals surface area contributed by atoms with E-state index in [0.717, 1.165) is 28.3 Å². The van der Waals surface area contributed by atoms with Gasteiger partial charge < -0.3 is 10.1 Å². The minimum atomic E-state index is -0.0831. The van der Waals surface area contributed by atoms with Gasteiger partial charge in [-0.15, -0.1) is 11.3 Å². The summed E-state index contributed by atoms with van der Waals surface area (Å²) in [6.45, 7) is 3.15. The van der Waals surface area contributed by atoms with E-state index in [-0.39, 0.29) is 24.5 Å². The number of thiophene rings is 1. The number of rotatable bonds is 10. The van der Waals surface area contributed by atoms with E-state index in [1.54, 1.807) is 12.1 Å². The summed E-state index contributed by atoms with van der Waals surface area (Å²) in [6.07, 6.45) is 2.16. The predicted octanol–water partition coefficient (Wildman–Crippen LogP) is 4.65. The van der Waals surface area contributed by atoms with Crippen LogP contribution in [0.5, 0.6) is 5.75 Å². The molecule has 1 aromatic heterocycles. The van der Waals surface area contributed by atoms with Crippen molar-refractivity contribution in [2.45, 2.75) is 32.6 Å². The third kappa shape index (κ3) is 7.28. The van der Waals surface area contributed by atoms with Gasteiger partial charge in [0.1, 0.15) is 5.75 Å². The number of aryl methyl sites for hydroxylation is 1. The maximum absolute atomic E-state index is 11.9. The molecule has 0 unspecified atom stereocenters. The highest BCUT2D eigenvalue weighted by Crippen LogP contribution is 2.17. The number of amides is 1. The number of Topliss-reactive ketones (excluding diaryl/α,β-unsaturated/α-hetero) is 1. The SMILES string of the molecule is Cc1ccc(C(=O)CCC(=O)NCCCCOc2ccc(Cl)cc2)s1. The summed E-state index contributed by atoms with van der Waals surface area (Å²) < 4.78 is 5.58. The number of halogens is 1. The van der Waals surface area contributed by atoms with Crippen molar-refractivity contribution in [2.75, 3.05) is 13.2 Å². The zero-order valence-corrected chi connectivity index (χ0v) is 15.8. The van der Waals surface area contributed by atoms with Crippen molar-refractivity contribution in [3.63, 3.8) is 0 Å². The quantitative estimate of drug-likeness (QED) is 0.483. The Morgan fingerprint density at radius 3 is 2.52 bits per heavy atom. The molecular weight excluding hydrogens is 358 g/mol. The molecule has 25 heavy (non-hydrogen) atoms. The number of hydrogen-bond donors (Lipinski definition) is 1. The Hall–Kier alpha value is -1.85. The molecule has 2 aromatic rings. The Morgan fingerprint density at radius 1 is 1.08 bits per heavy atom. The van der Waals surface area contributed by atoms with Crippen LogP contribution in [-0.4, -0.2) is 24.8 Å². The maximum Gasteiger partial charge on any atom is 0.220 e. The number of hydrogen-bond acceptors (Lipinski definition) is 4. The first kappa shape index (κ1) is 19.5. The molecule has 0 bridgehead atoms. The van der Waals surface area contributed by atoms with E-state index < -0.39 is 0 Å². The monoisotopic (exact) mass is 379 g/mol. The van der Waals surface area contributed by atoms with Crippen molar-refractivity contribution in [2.24, 2.45) is 0 Å². The topological polar surface area (TPSA) is 55.4 Å². The lowest BCUT2D eigenvalue weighted by Gasteiger charge is -2.07. The number of ketones is 1. The highest BCUT2D eigenvalue weighted by Gasteiger charge is 2.10. The molecule has 2 rings (SSSR count). The summed E-state index contributed by atoms with van der Waals surface area (Å²) in [4.78, 5) is 25.5. The third-order valence-electron chi connectivity index (χ3n) is 3.57. The van der Waals surface area contributed by atoms with Crippen LogP contribution in [0.2, 0.25) is 5.02 Å². The van der Waals surface area contributed by atoms with Gasteiger partial charge in [-0.05, 0) is 56.2 Å². The summed E-state index contributed by atoms with van der Waals surface area (Å²) >= 11 is 7.28. The standard InChI is InChI=1S/C19H22ClNO3S/c1-14-4-10-18(25-14)17(22)9-11-19(23)21-12-2-3-13-24-16-7-5-15(20)6-8-16/h4-8,10H,2-3,9,11-13H2,1H3,(H,21,23). The molecule has 0 fully saturated rings. The van der Waals surface area contributed by atoms with Crippen molar-refractivity contribution in [3.05, 3.63) is 51.2 Å². The van der Waals surface area contributed by atoms with Gasteiger partial charge in [0, 0.05) is 29.3 Å². The van der Waals surface area contributed by atoms with Gasteiger partial charge >= 0.3 is 0 Å². The van der Waals surface area contributed by atoms with Crippen molar-refractivity contribution in [3.8, 4) is 5.75 Å². The Labute approximate surface area is 157 Å². The summed E-state index contributed by atoms with van der Waals surface area (Å²) in [7, 11) is 0. The van der Waals surface area contributed by atoms with Crippen LogP contribution in [0.1, 0.15) is 40.2 Å². The first-order valence-electron chi connectivity index (χ1n) is 8.29. The van der Waals surface area contributed by atoms with Crippen LogP contribution in [0, 0.1) is 6.92 Å². The molecule has 0 spiro atoms. The van der Waals surface area contributed by atoms with Crippen LogP contribution < -0.4 is 10.1 Å². The molecule has 1 amide bonds. The molecule has 134 valence electrons. The van der Waals surface area contributed by atoms with Crippen molar-refractivity contribution < 1.29 is 14.3 Å². The summed E-state index contributed by atoms with van der Waals surface area (Å²) in [5.41, 5.74) is 0. The number of ether oxygens (including phenoxy) is 1. The van der Waals surface area contributed by atoms with Gasteiger partial charge in [0.2, 0.25) is 5.91 Å². The van der Waals surface area contributed by atoms with Gasteiger partial charge in [-0.25, -0.2) is 0 Å². The lowest BCUT2D eigenvalue weighted by Crippen LogP contribution is -2.25. The molecule has 1 heterocycles. The fourth-order valence-electron chi connectivity index (χ4n) is 2.20. The van der Waals surface area contributed by atoms with Gasteiger partial charge in [-0.1, -0.05) is 11.6 Å². The van der Waals surface area contributed by atoms with E-state index in [2.05, 4.69) is 5.32 Å². The van der Waals surface area contributed by atoms with Crippen LogP contribution in [-0.2, 0) is 4.79 Å². The normalized spacial score (nSPS) is 10.5. The van der Waals surface area contributed by atoms with Crippen molar-refractivity contribution in [1.29, 1.82) is 0 Å². The number of unbranched alkanes of at least 4 members (excludes halogenated alkanes) is 1. The highest BCUT2D eigenvalue weighted by atomic mass is 35.5. The number of nitrogens with one attached hydrogen (secondary N) is 1. The molecule has 0 aliphatic carbocycles. The molecule has 4 nitrogen and oxygen atoms in total. The molecule has 0 atom stereocenters. The van der Waals surface area contributed by atoms with E-state index in [4.69, 9.17) is 16.3 Å². The largest absolute Gasteiger partial charge is 0.494 e. The van der Waals surface area contributed by atoms with Crippen LogP contribution in [0.15, 0.2) is 36.4 Å². The molecule has 0 aliphatic rings. The summed E-state index contributed by atoms with van der Waals surface area (Å²) in [5.74, 6) is 0.737. The maximum atomic E-state index is 11.9. The molecule has 6 heteroatoms. The van der Waals surface area contributed by atoms with Crippen LogP contribution in [0.3, 0.4) is 0 Å². The first-order valence-corrected chi connectivity index (χ1v) is 9.49. The van der Waals surface area contributed by atoms with Crippen molar-refractivity contribution in [1.82, 2.24) is 5.32 Å². The van der Waals surface area contributed by atoms with E-state index >= 15 is 0 Å². The Kier molecular flexibility index (Phi) is 7.95. The van der Waals surface area contributed by atoms with Gasteiger partial charge in [-0.2, -0.15) is 0 Å². The molecule has 1 N–H and O–H groups in total. The molecular formula is C19H22ClNO3S. The van der Waals surface area contributed by atoms with Crippen molar-refractivity contribution >= 4 is 34.6 Å². The van der Waals surface area contributed by atoms with Crippen LogP contribution in [0.4, 0.5) is 0 Å². The summed E-state index contributed by atoms with van der Waals surface area (Å²) in [5, 5.41) is 3.52. The molecule has 0 radical (unpaired) electrons. The summed E-state index contributed by atoms with van der Waals surface area (Å²) in [6, 6.07) is 11.0. The minimum absolute atomic E-state index is 0.0321. The Morgan fingerprint density at radius 2 is 1.84 bits per heavy atom. The second-order valence-electron chi connectivity index (χ2n) is 5.69. The predicted molar refractivity (Wildman–Crippen MR) is 102 cm³/mol. The molecule has 0 aliphatic heterocycles. The third-order valence-corrected chi connectivity index (χ3v) is 4.86. The van der Waals surface area contributed by atoms with E-state index in [1.165, 1.54) is 11.3 Å². The highest BCUT2D eigenvalue weighted by molar-refractivity contribution is 7.14. The lowest BCUT2D eigenvalue weighted by atomic mass is 10.2.